The van der Waals surface area contributed by atoms with Gasteiger partial charge in [-0.2, -0.15) is 0 Å². The molecule has 0 amide bonds. The van der Waals surface area contributed by atoms with Crippen LogP contribution < -0.4 is 11.2 Å². The molecule has 1 N–H and O–H groups in total. The fourth-order valence-corrected chi connectivity index (χ4v) is 5.32. The first-order valence-electron chi connectivity index (χ1n) is 8.97. The maximum absolute atomic E-state index is 13.1. The molecule has 0 bridgehead atoms. The van der Waals surface area contributed by atoms with Crippen LogP contribution in [-0.4, -0.2) is 34.5 Å². The Bertz CT molecular complexity index is 1060. The van der Waals surface area contributed by atoms with Crippen LogP contribution in [0, 0.1) is 6.92 Å². The first-order valence-corrected chi connectivity index (χ1v) is 10.7. The predicted molar refractivity (Wildman–Crippen MR) is 103 cm³/mol. The van der Waals surface area contributed by atoms with E-state index in [4.69, 9.17) is 13.8 Å². The maximum Gasteiger partial charge on any atom is 0.335 e. The Morgan fingerprint density at radius 2 is 2.04 bits per heavy atom. The Kier molecular flexibility index (Phi) is 4.97. The van der Waals surface area contributed by atoms with E-state index in [2.05, 4.69) is 11.6 Å². The molecular formula is C19H21N2O6P. The van der Waals surface area contributed by atoms with Gasteiger partial charge in [0.15, 0.2) is 0 Å². The number of nitrogens with zero attached hydrogens (tertiary/aromatic N) is 1. The van der Waals surface area contributed by atoms with E-state index in [-0.39, 0.29) is 12.8 Å². The van der Waals surface area contributed by atoms with Crippen LogP contribution >= 0.6 is 7.60 Å². The summed E-state index contributed by atoms with van der Waals surface area (Å²) in [4.78, 5) is 25.9. The molecule has 0 aliphatic carbocycles. The van der Waals surface area contributed by atoms with Crippen LogP contribution in [0.5, 0.6) is 0 Å². The van der Waals surface area contributed by atoms with Crippen molar-refractivity contribution in [1.82, 2.24) is 9.55 Å². The average molecular weight is 404 g/mol. The van der Waals surface area contributed by atoms with Crippen molar-refractivity contribution in [2.24, 2.45) is 0 Å². The van der Waals surface area contributed by atoms with Gasteiger partial charge >= 0.3 is 13.3 Å². The lowest BCUT2D eigenvalue weighted by atomic mass is 10.1. The minimum Gasteiger partial charge on any atom is -0.349 e. The molecule has 2 aliphatic rings. The molecule has 148 valence electrons. The molecule has 2 saturated heterocycles. The van der Waals surface area contributed by atoms with E-state index in [9.17, 15) is 14.2 Å². The summed E-state index contributed by atoms with van der Waals surface area (Å²) in [6, 6.07) is 9.44. The maximum atomic E-state index is 13.1. The molecule has 2 fully saturated rings. The second-order valence-corrected chi connectivity index (χ2v) is 9.03. The summed E-state index contributed by atoms with van der Waals surface area (Å²) in [7, 11) is -3.38. The molecule has 0 radical (unpaired) electrons. The minimum absolute atomic E-state index is 0.0859. The van der Waals surface area contributed by atoms with E-state index >= 15 is 0 Å². The number of hydrogen-bond acceptors (Lipinski definition) is 6. The normalized spacial score (nSPS) is 29.4. The Morgan fingerprint density at radius 1 is 1.29 bits per heavy atom. The second-order valence-electron chi connectivity index (χ2n) is 7.02. The summed E-state index contributed by atoms with van der Waals surface area (Å²) in [5.74, 6) is 0. The highest BCUT2D eigenvalue weighted by molar-refractivity contribution is 7.54. The van der Waals surface area contributed by atoms with Crippen LogP contribution in [0.2, 0.25) is 0 Å². The van der Waals surface area contributed by atoms with Gasteiger partial charge in [0.25, 0.3) is 5.56 Å². The summed E-state index contributed by atoms with van der Waals surface area (Å²) in [6.07, 6.45) is 0.360. The van der Waals surface area contributed by atoms with Crippen LogP contribution in [-0.2, 0) is 18.3 Å². The SMILES string of the molecule is C=C(CP1(=O)OC[C@H]2O[C@@H](n3cc(C)c(=O)[nH]c3=O)C[C@@H]2O1)c1ccccc1. The molecule has 9 heteroatoms. The molecule has 1 aromatic carbocycles. The summed E-state index contributed by atoms with van der Waals surface area (Å²) < 4.78 is 31.6. The lowest BCUT2D eigenvalue weighted by Crippen LogP contribution is -2.34. The smallest absolute Gasteiger partial charge is 0.335 e. The highest BCUT2D eigenvalue weighted by atomic mass is 31.2. The van der Waals surface area contributed by atoms with E-state index in [1.165, 1.54) is 10.8 Å². The van der Waals surface area contributed by atoms with Crippen LogP contribution in [0.15, 0.2) is 52.7 Å². The molecule has 8 nitrogen and oxygen atoms in total. The molecule has 0 spiro atoms. The van der Waals surface area contributed by atoms with Gasteiger partial charge in [0.1, 0.15) is 18.4 Å². The van der Waals surface area contributed by atoms with Crippen LogP contribution in [0.3, 0.4) is 0 Å². The van der Waals surface area contributed by atoms with Crippen molar-refractivity contribution in [2.45, 2.75) is 31.8 Å². The second kappa shape index (κ2) is 7.29. The highest BCUT2D eigenvalue weighted by Gasteiger charge is 2.47. The molecule has 4 atom stereocenters. The van der Waals surface area contributed by atoms with Crippen molar-refractivity contribution < 1.29 is 18.3 Å². The molecule has 2 aromatic rings. The number of hydrogen-bond donors (Lipinski definition) is 1. The van der Waals surface area contributed by atoms with E-state index < -0.39 is 37.3 Å². The Morgan fingerprint density at radius 3 is 2.79 bits per heavy atom. The van der Waals surface area contributed by atoms with Crippen molar-refractivity contribution in [2.75, 3.05) is 12.8 Å². The lowest BCUT2D eigenvalue weighted by Gasteiger charge is -2.31. The first kappa shape index (κ1) is 19.1. The highest BCUT2D eigenvalue weighted by Crippen LogP contribution is 2.57. The van der Waals surface area contributed by atoms with Gasteiger partial charge in [-0.25, -0.2) is 4.79 Å². The third-order valence-electron chi connectivity index (χ3n) is 4.93. The lowest BCUT2D eigenvalue weighted by molar-refractivity contribution is -0.0584. The third kappa shape index (κ3) is 3.69. The number of aryl methyl sites for hydroxylation is 1. The number of fused-ring (bicyclic) bond motifs is 1. The van der Waals surface area contributed by atoms with E-state index in [1.54, 1.807) is 6.92 Å². The van der Waals surface area contributed by atoms with Crippen LogP contribution in [0.4, 0.5) is 0 Å². The van der Waals surface area contributed by atoms with Gasteiger partial charge in [0.05, 0.1) is 12.8 Å². The fourth-order valence-electron chi connectivity index (χ4n) is 3.44. The third-order valence-corrected chi connectivity index (χ3v) is 6.84. The zero-order valence-electron chi connectivity index (χ0n) is 15.4. The van der Waals surface area contributed by atoms with Crippen molar-refractivity contribution in [1.29, 1.82) is 0 Å². The van der Waals surface area contributed by atoms with Crippen LogP contribution in [0.25, 0.3) is 5.57 Å². The average Bonchev–Trinajstić information content (AvgIpc) is 3.07. The number of ether oxygens (including phenoxy) is 1. The zero-order chi connectivity index (χ0) is 19.9. The Balaban J connectivity index is 1.48. The molecule has 4 rings (SSSR count). The van der Waals surface area contributed by atoms with Gasteiger partial charge in [-0.1, -0.05) is 36.9 Å². The monoisotopic (exact) mass is 404 g/mol. The molecule has 1 unspecified atom stereocenters. The van der Waals surface area contributed by atoms with Crippen molar-refractivity contribution in [3.05, 3.63) is 75.1 Å². The van der Waals surface area contributed by atoms with Gasteiger partial charge in [0, 0.05) is 18.2 Å². The number of aromatic nitrogens is 2. The number of allylic oxidation sites excluding steroid dienone is 1. The minimum atomic E-state index is -3.38. The van der Waals surface area contributed by atoms with E-state index in [0.29, 0.717) is 17.6 Å². The number of H-pyrrole nitrogens is 1. The van der Waals surface area contributed by atoms with Crippen LogP contribution in [0.1, 0.15) is 23.8 Å². The van der Waals surface area contributed by atoms with Crippen molar-refractivity contribution in [3.63, 3.8) is 0 Å². The van der Waals surface area contributed by atoms with E-state index in [0.717, 1.165) is 5.56 Å². The summed E-state index contributed by atoms with van der Waals surface area (Å²) in [5.41, 5.74) is 0.967. The molecule has 3 heterocycles. The number of aromatic amines is 1. The van der Waals surface area contributed by atoms with Gasteiger partial charge < -0.3 is 13.8 Å². The molecule has 2 aliphatic heterocycles. The molecule has 0 saturated carbocycles. The van der Waals surface area contributed by atoms with Crippen molar-refractivity contribution >= 4 is 13.2 Å². The topological polar surface area (TPSA) is 99.6 Å². The molecule has 28 heavy (non-hydrogen) atoms. The van der Waals surface area contributed by atoms with Gasteiger partial charge in [-0.3, -0.25) is 18.9 Å². The van der Waals surface area contributed by atoms with Gasteiger partial charge in [-0.15, -0.1) is 0 Å². The molecular weight excluding hydrogens is 383 g/mol. The van der Waals surface area contributed by atoms with Gasteiger partial charge in [-0.05, 0) is 18.1 Å². The Hall–Kier alpha value is -2.25. The Labute approximate surface area is 161 Å². The quantitative estimate of drug-likeness (QED) is 0.786. The summed E-state index contributed by atoms with van der Waals surface area (Å²) in [5, 5.41) is 0. The van der Waals surface area contributed by atoms with Gasteiger partial charge in [0.2, 0.25) is 0 Å². The number of rotatable bonds is 4. The summed E-state index contributed by atoms with van der Waals surface area (Å²) >= 11 is 0. The largest absolute Gasteiger partial charge is 0.349 e. The predicted octanol–water partition coefficient (Wildman–Crippen LogP) is 2.45. The van der Waals surface area contributed by atoms with E-state index in [1.807, 2.05) is 30.3 Å². The number of benzene rings is 1. The summed E-state index contributed by atoms with van der Waals surface area (Å²) in [6.45, 7) is 5.72. The van der Waals surface area contributed by atoms with Crippen molar-refractivity contribution in [3.8, 4) is 0 Å². The standard InChI is InChI=1S/C19H21N2O6P/c1-12-9-21(19(23)20-18(12)22)17-8-15-16(26-17)10-25-28(24,27-15)11-13(2)14-6-4-3-5-7-14/h3-7,9,15-17H,2,8,10-11H2,1H3,(H,20,22,23)/t15-,16+,17+,28?/m0/s1. The molecule has 1 aromatic heterocycles. The number of nitrogens with one attached hydrogen (secondary N) is 1. The zero-order valence-corrected chi connectivity index (χ0v) is 16.3. The fraction of sp³-hybridized carbons (Fsp3) is 0.368. The first-order chi connectivity index (χ1) is 13.3.